The highest BCUT2D eigenvalue weighted by Crippen LogP contribution is 2.20. The van der Waals surface area contributed by atoms with E-state index in [0.29, 0.717) is 22.9 Å². The highest BCUT2D eigenvalue weighted by Gasteiger charge is 2.13. The van der Waals surface area contributed by atoms with Crippen molar-refractivity contribution in [3.05, 3.63) is 59.1 Å². The predicted octanol–water partition coefficient (Wildman–Crippen LogP) is 4.27. The number of benzene rings is 2. The van der Waals surface area contributed by atoms with Gasteiger partial charge in [0.15, 0.2) is 6.61 Å². The van der Waals surface area contributed by atoms with Crippen molar-refractivity contribution in [1.82, 2.24) is 10.7 Å². The van der Waals surface area contributed by atoms with E-state index in [0.717, 1.165) is 10.5 Å². The average Bonchev–Trinajstić information content (AvgIpc) is 2.68. The van der Waals surface area contributed by atoms with E-state index in [1.54, 1.807) is 42.2 Å². The van der Waals surface area contributed by atoms with Gasteiger partial charge in [-0.3, -0.25) is 9.59 Å². The standard InChI is InChI=1S/C22H26ClN3O3S/c1-22(2,3)25-21(28)15-29-18-8-4-16(5-9-18)14-24-26-20(27)12-13-30-19-10-6-17(23)7-11-19/h4-11,14H,12-13,15H2,1-3H3,(H,25,28)(H,26,27)/b24-14-. The average molecular weight is 448 g/mol. The van der Waals surface area contributed by atoms with E-state index in [-0.39, 0.29) is 24.0 Å². The summed E-state index contributed by atoms with van der Waals surface area (Å²) in [5.41, 5.74) is 3.03. The van der Waals surface area contributed by atoms with Crippen molar-refractivity contribution in [3.63, 3.8) is 0 Å². The summed E-state index contributed by atoms with van der Waals surface area (Å²) < 4.78 is 5.46. The van der Waals surface area contributed by atoms with Crippen LogP contribution < -0.4 is 15.5 Å². The molecule has 0 radical (unpaired) electrons. The van der Waals surface area contributed by atoms with Crippen LogP contribution in [0.4, 0.5) is 0 Å². The molecule has 8 heteroatoms. The maximum Gasteiger partial charge on any atom is 0.258 e. The molecule has 0 bridgehead atoms. The lowest BCUT2D eigenvalue weighted by Gasteiger charge is -2.20. The molecule has 2 amide bonds. The molecule has 0 saturated carbocycles. The van der Waals surface area contributed by atoms with E-state index >= 15 is 0 Å². The fraction of sp³-hybridized carbons (Fsp3) is 0.318. The third-order valence-corrected chi connectivity index (χ3v) is 4.84. The molecule has 2 aromatic carbocycles. The Kier molecular flexibility index (Phi) is 9.20. The summed E-state index contributed by atoms with van der Waals surface area (Å²) >= 11 is 7.43. The SMILES string of the molecule is CC(C)(C)NC(=O)COc1ccc(/C=N\NC(=O)CCSc2ccc(Cl)cc2)cc1. The number of nitrogens with one attached hydrogen (secondary N) is 2. The summed E-state index contributed by atoms with van der Waals surface area (Å²) in [5, 5.41) is 7.49. The highest BCUT2D eigenvalue weighted by atomic mass is 35.5. The molecule has 0 saturated heterocycles. The van der Waals surface area contributed by atoms with Gasteiger partial charge >= 0.3 is 0 Å². The van der Waals surface area contributed by atoms with Gasteiger partial charge in [0.25, 0.3) is 5.91 Å². The first kappa shape index (κ1) is 23.8. The molecule has 160 valence electrons. The van der Waals surface area contributed by atoms with Crippen molar-refractivity contribution in [2.24, 2.45) is 5.10 Å². The quantitative estimate of drug-likeness (QED) is 0.342. The number of carbonyl (C=O) groups excluding carboxylic acids is 2. The van der Waals surface area contributed by atoms with Crippen molar-refractivity contribution in [2.45, 2.75) is 37.6 Å². The molecule has 2 aromatic rings. The second-order valence-corrected chi connectivity index (χ2v) is 9.11. The topological polar surface area (TPSA) is 79.8 Å². The Morgan fingerprint density at radius 3 is 2.37 bits per heavy atom. The van der Waals surface area contributed by atoms with Crippen LogP contribution in [0.5, 0.6) is 5.75 Å². The largest absolute Gasteiger partial charge is 0.484 e. The van der Waals surface area contributed by atoms with E-state index in [1.165, 1.54) is 0 Å². The molecule has 0 atom stereocenters. The van der Waals surface area contributed by atoms with Crippen LogP contribution >= 0.6 is 23.4 Å². The fourth-order valence-electron chi connectivity index (χ4n) is 2.28. The lowest BCUT2D eigenvalue weighted by atomic mass is 10.1. The smallest absolute Gasteiger partial charge is 0.258 e. The van der Waals surface area contributed by atoms with Crippen LogP contribution in [0, 0.1) is 0 Å². The normalized spacial score (nSPS) is 11.3. The van der Waals surface area contributed by atoms with Crippen LogP contribution in [-0.2, 0) is 9.59 Å². The van der Waals surface area contributed by atoms with Crippen molar-refractivity contribution < 1.29 is 14.3 Å². The van der Waals surface area contributed by atoms with Gasteiger partial charge in [0.1, 0.15) is 5.75 Å². The zero-order chi connectivity index (χ0) is 22.0. The molecule has 0 fully saturated rings. The number of halogens is 1. The summed E-state index contributed by atoms with van der Waals surface area (Å²) in [7, 11) is 0. The zero-order valence-corrected chi connectivity index (χ0v) is 18.8. The minimum absolute atomic E-state index is 0.0468. The highest BCUT2D eigenvalue weighted by molar-refractivity contribution is 7.99. The first-order valence-corrected chi connectivity index (χ1v) is 10.8. The van der Waals surface area contributed by atoms with Crippen molar-refractivity contribution in [2.75, 3.05) is 12.4 Å². The van der Waals surface area contributed by atoms with Gasteiger partial charge < -0.3 is 10.1 Å². The van der Waals surface area contributed by atoms with Crippen LogP contribution in [0.3, 0.4) is 0 Å². The zero-order valence-electron chi connectivity index (χ0n) is 17.3. The molecule has 0 spiro atoms. The number of carbonyl (C=O) groups is 2. The maximum atomic E-state index is 11.9. The number of thioether (sulfide) groups is 1. The maximum absolute atomic E-state index is 11.9. The third-order valence-electron chi connectivity index (χ3n) is 3.58. The van der Waals surface area contributed by atoms with E-state index in [9.17, 15) is 9.59 Å². The number of hydrogen-bond acceptors (Lipinski definition) is 5. The molecular weight excluding hydrogens is 422 g/mol. The number of hydrogen-bond donors (Lipinski definition) is 2. The molecule has 2 N–H and O–H groups in total. The van der Waals surface area contributed by atoms with Gasteiger partial charge in [0, 0.05) is 27.6 Å². The molecule has 0 unspecified atom stereocenters. The number of hydrazone groups is 1. The van der Waals surface area contributed by atoms with Gasteiger partial charge in [-0.05, 0) is 74.9 Å². The summed E-state index contributed by atoms with van der Waals surface area (Å²) in [6.45, 7) is 5.69. The molecular formula is C22H26ClN3O3S. The first-order valence-electron chi connectivity index (χ1n) is 9.45. The van der Waals surface area contributed by atoms with Crippen LogP contribution in [0.25, 0.3) is 0 Å². The molecule has 0 aliphatic carbocycles. The number of amides is 2. The van der Waals surface area contributed by atoms with Crippen LogP contribution in [0.1, 0.15) is 32.8 Å². The summed E-state index contributed by atoms with van der Waals surface area (Å²) in [4.78, 5) is 24.7. The Morgan fingerprint density at radius 2 is 1.73 bits per heavy atom. The summed E-state index contributed by atoms with van der Waals surface area (Å²) in [5.74, 6) is 0.903. The summed E-state index contributed by atoms with van der Waals surface area (Å²) in [6, 6.07) is 14.6. The first-order chi connectivity index (χ1) is 14.2. The molecule has 0 aliphatic heterocycles. The number of ether oxygens (including phenoxy) is 1. The number of nitrogens with zero attached hydrogens (tertiary/aromatic N) is 1. The lowest BCUT2D eigenvalue weighted by Crippen LogP contribution is -2.43. The van der Waals surface area contributed by atoms with E-state index in [2.05, 4.69) is 15.8 Å². The second-order valence-electron chi connectivity index (χ2n) is 7.50. The Bertz CT molecular complexity index is 863. The Morgan fingerprint density at radius 1 is 1.07 bits per heavy atom. The molecule has 6 nitrogen and oxygen atoms in total. The molecule has 2 rings (SSSR count). The van der Waals surface area contributed by atoms with Crippen LogP contribution in [-0.4, -0.2) is 35.9 Å². The van der Waals surface area contributed by atoms with Crippen molar-refractivity contribution >= 4 is 41.4 Å². The molecule has 0 aromatic heterocycles. The Hall–Kier alpha value is -2.51. The molecule has 0 heterocycles. The third kappa shape index (κ3) is 9.80. The van der Waals surface area contributed by atoms with Gasteiger partial charge in [-0.15, -0.1) is 11.8 Å². The van der Waals surface area contributed by atoms with Gasteiger partial charge in [0.05, 0.1) is 6.21 Å². The minimum Gasteiger partial charge on any atom is -0.484 e. The molecule has 0 aliphatic rings. The van der Waals surface area contributed by atoms with E-state index in [1.807, 2.05) is 45.0 Å². The fourth-order valence-corrected chi connectivity index (χ4v) is 3.26. The van der Waals surface area contributed by atoms with Crippen LogP contribution in [0.2, 0.25) is 5.02 Å². The Labute approximate surface area is 186 Å². The van der Waals surface area contributed by atoms with Gasteiger partial charge in [-0.2, -0.15) is 5.10 Å². The van der Waals surface area contributed by atoms with E-state index < -0.39 is 0 Å². The molecule has 30 heavy (non-hydrogen) atoms. The predicted molar refractivity (Wildman–Crippen MR) is 122 cm³/mol. The lowest BCUT2D eigenvalue weighted by molar-refractivity contribution is -0.124. The van der Waals surface area contributed by atoms with Crippen LogP contribution in [0.15, 0.2) is 58.5 Å². The Balaban J connectivity index is 1.68. The second kappa shape index (κ2) is 11.6. The van der Waals surface area contributed by atoms with Gasteiger partial charge in [0.2, 0.25) is 5.91 Å². The summed E-state index contributed by atoms with van der Waals surface area (Å²) in [6.07, 6.45) is 1.91. The van der Waals surface area contributed by atoms with Gasteiger partial charge in [-0.25, -0.2) is 5.43 Å². The van der Waals surface area contributed by atoms with Gasteiger partial charge in [-0.1, -0.05) is 11.6 Å². The minimum atomic E-state index is -0.292. The monoisotopic (exact) mass is 447 g/mol. The van der Waals surface area contributed by atoms with Crippen molar-refractivity contribution in [1.29, 1.82) is 0 Å². The number of rotatable bonds is 9. The van der Waals surface area contributed by atoms with Crippen molar-refractivity contribution in [3.8, 4) is 5.75 Å². The van der Waals surface area contributed by atoms with E-state index in [4.69, 9.17) is 16.3 Å².